The summed E-state index contributed by atoms with van der Waals surface area (Å²) in [5.41, 5.74) is 9.74. The van der Waals surface area contributed by atoms with Gasteiger partial charge in [-0.15, -0.1) is 16.9 Å². The van der Waals surface area contributed by atoms with E-state index in [0.29, 0.717) is 27.8 Å². The number of fused-ring (bicyclic) bond motifs is 1. The van der Waals surface area contributed by atoms with Gasteiger partial charge in [0.05, 0.1) is 10.7 Å². The van der Waals surface area contributed by atoms with Crippen LogP contribution in [0.2, 0.25) is 5.02 Å². The van der Waals surface area contributed by atoms with Crippen LogP contribution in [0.5, 0.6) is 0 Å². The first kappa shape index (κ1) is 15.9. The fourth-order valence-corrected chi connectivity index (χ4v) is 4.07. The summed E-state index contributed by atoms with van der Waals surface area (Å²) in [4.78, 5) is 5.04. The number of rotatable bonds is 4. The van der Waals surface area contributed by atoms with E-state index in [-0.39, 0.29) is 0 Å². The average Bonchev–Trinajstić information content (AvgIpc) is 3.18. The lowest BCUT2D eigenvalue weighted by molar-refractivity contribution is 0.739. The number of hydrogen-bond donors (Lipinski definition) is 2. The summed E-state index contributed by atoms with van der Waals surface area (Å²) in [7, 11) is 1.89. The van der Waals surface area contributed by atoms with Crippen molar-refractivity contribution < 1.29 is 0 Å². The third kappa shape index (κ3) is 2.94. The monoisotopic (exact) mass is 371 g/mol. The van der Waals surface area contributed by atoms with E-state index in [1.165, 1.54) is 0 Å². The number of nitrogen functional groups attached to an aromatic ring is 1. The van der Waals surface area contributed by atoms with Crippen molar-refractivity contribution in [3.05, 3.63) is 47.1 Å². The van der Waals surface area contributed by atoms with E-state index < -0.39 is 0 Å². The highest BCUT2D eigenvalue weighted by Crippen LogP contribution is 2.35. The van der Waals surface area contributed by atoms with Crippen molar-refractivity contribution in [2.24, 2.45) is 7.05 Å². The highest BCUT2D eigenvalue weighted by molar-refractivity contribution is 7.98. The molecule has 0 bridgehead atoms. The molecule has 0 aliphatic rings. The van der Waals surface area contributed by atoms with E-state index in [1.807, 2.05) is 42.1 Å². The molecule has 0 atom stereocenters. The molecule has 0 unspecified atom stereocenters. The van der Waals surface area contributed by atoms with Gasteiger partial charge in [-0.3, -0.25) is 4.68 Å². The van der Waals surface area contributed by atoms with E-state index in [9.17, 15) is 0 Å². The van der Waals surface area contributed by atoms with Crippen LogP contribution in [0.15, 0.2) is 41.3 Å². The molecule has 0 fully saturated rings. The maximum Gasteiger partial charge on any atom is 0.204 e. The molecule has 4 rings (SSSR count). The van der Waals surface area contributed by atoms with Crippen LogP contribution in [-0.4, -0.2) is 30.2 Å². The average molecular weight is 372 g/mol. The van der Waals surface area contributed by atoms with Crippen LogP contribution >= 0.6 is 23.4 Å². The number of aryl methyl sites for hydroxylation is 1. The second kappa shape index (κ2) is 6.38. The molecule has 0 saturated carbocycles. The number of nitrogens with one attached hydrogen (secondary N) is 1. The van der Waals surface area contributed by atoms with Crippen LogP contribution in [0.4, 0.5) is 5.82 Å². The summed E-state index contributed by atoms with van der Waals surface area (Å²) < 4.78 is 1.81. The summed E-state index contributed by atoms with van der Waals surface area (Å²) in [5, 5.41) is 15.9. The Bertz CT molecular complexity index is 1040. The van der Waals surface area contributed by atoms with Crippen LogP contribution in [-0.2, 0) is 12.8 Å². The van der Waals surface area contributed by atoms with E-state index in [1.54, 1.807) is 17.8 Å². The molecule has 0 amide bonds. The minimum atomic E-state index is 0.407. The van der Waals surface area contributed by atoms with Gasteiger partial charge in [0, 0.05) is 23.3 Å². The number of aromatic amines is 1. The van der Waals surface area contributed by atoms with Gasteiger partial charge in [0.1, 0.15) is 17.0 Å². The van der Waals surface area contributed by atoms with Crippen molar-refractivity contribution in [1.29, 1.82) is 0 Å². The zero-order valence-electron chi connectivity index (χ0n) is 13.3. The zero-order chi connectivity index (χ0) is 17.4. The summed E-state index contributed by atoms with van der Waals surface area (Å²) >= 11 is 8.16. The first-order valence-corrected chi connectivity index (χ1v) is 8.86. The number of thioether (sulfide) groups is 1. The predicted octanol–water partition coefficient (Wildman–Crippen LogP) is 3.28. The molecule has 25 heavy (non-hydrogen) atoms. The number of hydrogen-bond acceptors (Lipinski definition) is 6. The first-order chi connectivity index (χ1) is 12.1. The molecule has 0 saturated heterocycles. The maximum absolute atomic E-state index is 6.59. The first-order valence-electron chi connectivity index (χ1n) is 7.50. The van der Waals surface area contributed by atoms with E-state index in [0.717, 1.165) is 21.8 Å². The van der Waals surface area contributed by atoms with Crippen LogP contribution in [0.1, 0.15) is 5.69 Å². The van der Waals surface area contributed by atoms with Gasteiger partial charge in [-0.05, 0) is 6.07 Å². The number of H-pyrrole nitrogens is 1. The Morgan fingerprint density at radius 2 is 2.04 bits per heavy atom. The Balaban J connectivity index is 1.65. The Kier molecular flexibility index (Phi) is 4.06. The molecule has 0 aliphatic carbocycles. The number of benzene rings is 1. The fraction of sp³-hybridized carbons (Fsp3) is 0.125. The third-order valence-corrected chi connectivity index (χ3v) is 5.23. The minimum Gasteiger partial charge on any atom is -0.384 e. The summed E-state index contributed by atoms with van der Waals surface area (Å²) in [6.07, 6.45) is 0. The number of anilines is 1. The highest BCUT2D eigenvalue weighted by atomic mass is 35.5. The SMILES string of the molecule is Cn1nc(-c2ccccc2)c(Cl)c1CSc1cc(N)nc2n[nH]nc12. The second-order valence-corrected chi connectivity index (χ2v) is 6.82. The Hall–Kier alpha value is -2.58. The van der Waals surface area contributed by atoms with Gasteiger partial charge in [-0.25, -0.2) is 4.98 Å². The van der Waals surface area contributed by atoms with E-state index in [2.05, 4.69) is 25.5 Å². The van der Waals surface area contributed by atoms with E-state index in [4.69, 9.17) is 17.3 Å². The van der Waals surface area contributed by atoms with Crippen LogP contribution in [0, 0.1) is 0 Å². The normalized spacial score (nSPS) is 11.3. The molecule has 9 heteroatoms. The van der Waals surface area contributed by atoms with Crippen molar-refractivity contribution in [3.63, 3.8) is 0 Å². The molecular formula is C16H14ClN7S. The molecule has 3 heterocycles. The molecule has 0 aliphatic heterocycles. The summed E-state index contributed by atoms with van der Waals surface area (Å²) in [5.74, 6) is 1.03. The molecular weight excluding hydrogens is 358 g/mol. The van der Waals surface area contributed by atoms with Gasteiger partial charge in [-0.1, -0.05) is 41.9 Å². The number of aromatic nitrogens is 6. The summed E-state index contributed by atoms with van der Waals surface area (Å²) in [6.45, 7) is 0. The van der Waals surface area contributed by atoms with Crippen LogP contribution in [0.25, 0.3) is 22.4 Å². The van der Waals surface area contributed by atoms with Gasteiger partial charge >= 0.3 is 0 Å². The maximum atomic E-state index is 6.59. The molecule has 0 radical (unpaired) electrons. The van der Waals surface area contributed by atoms with Crippen LogP contribution < -0.4 is 5.73 Å². The standard InChI is InChI=1S/C16H14ClN7S/c1-24-10(13(17)14(22-24)9-5-3-2-4-6-9)8-25-11-7-12(18)19-16-15(11)20-23-21-16/h2-7H,8H2,1H3,(H3,18,19,20,21,23). The van der Waals surface area contributed by atoms with Crippen molar-refractivity contribution in [3.8, 4) is 11.3 Å². The highest BCUT2D eigenvalue weighted by Gasteiger charge is 2.17. The fourth-order valence-electron chi connectivity index (χ4n) is 2.55. The molecule has 7 nitrogen and oxygen atoms in total. The number of nitrogens with two attached hydrogens (primary N) is 1. The van der Waals surface area contributed by atoms with Gasteiger partial charge in [-0.2, -0.15) is 15.4 Å². The zero-order valence-corrected chi connectivity index (χ0v) is 14.8. The lowest BCUT2D eigenvalue weighted by Crippen LogP contribution is -1.97. The number of pyridine rings is 1. The Labute approximate surface area is 152 Å². The minimum absolute atomic E-state index is 0.407. The topological polar surface area (TPSA) is 98.3 Å². The van der Waals surface area contributed by atoms with Gasteiger partial charge in [0.2, 0.25) is 5.65 Å². The molecule has 126 valence electrons. The smallest absolute Gasteiger partial charge is 0.204 e. The largest absolute Gasteiger partial charge is 0.384 e. The van der Waals surface area contributed by atoms with Gasteiger partial charge in [0.25, 0.3) is 0 Å². The molecule has 1 aromatic carbocycles. The predicted molar refractivity (Wildman–Crippen MR) is 99.3 cm³/mol. The molecule has 4 aromatic rings. The lowest BCUT2D eigenvalue weighted by Gasteiger charge is -2.04. The van der Waals surface area contributed by atoms with E-state index >= 15 is 0 Å². The van der Waals surface area contributed by atoms with Gasteiger partial charge in [0.15, 0.2) is 0 Å². The van der Waals surface area contributed by atoms with Crippen molar-refractivity contribution in [2.75, 3.05) is 5.73 Å². The van der Waals surface area contributed by atoms with Crippen molar-refractivity contribution in [2.45, 2.75) is 10.6 Å². The second-order valence-electron chi connectivity index (χ2n) is 5.43. The molecule has 3 N–H and O–H groups in total. The molecule has 0 spiro atoms. The molecule has 3 aromatic heterocycles. The van der Waals surface area contributed by atoms with Crippen LogP contribution in [0.3, 0.4) is 0 Å². The lowest BCUT2D eigenvalue weighted by atomic mass is 10.1. The Morgan fingerprint density at radius 3 is 2.84 bits per heavy atom. The number of halogens is 1. The van der Waals surface area contributed by atoms with Crippen molar-refractivity contribution >= 4 is 40.3 Å². The van der Waals surface area contributed by atoms with Gasteiger partial charge < -0.3 is 5.73 Å². The van der Waals surface area contributed by atoms with Crippen molar-refractivity contribution in [1.82, 2.24) is 30.2 Å². The Morgan fingerprint density at radius 1 is 1.24 bits per heavy atom. The third-order valence-electron chi connectivity index (χ3n) is 3.79. The quantitative estimate of drug-likeness (QED) is 0.534. The summed E-state index contributed by atoms with van der Waals surface area (Å²) in [6, 6.07) is 11.7. The number of nitrogens with zero attached hydrogens (tertiary/aromatic N) is 5.